The van der Waals surface area contributed by atoms with Gasteiger partial charge < -0.3 is 4.74 Å². The fraction of sp³-hybridized carbons (Fsp3) is 0.429. The van der Waals surface area contributed by atoms with E-state index in [4.69, 9.17) is 11.6 Å². The predicted molar refractivity (Wildman–Crippen MR) is 97.8 cm³/mol. The van der Waals surface area contributed by atoms with Crippen molar-refractivity contribution in [2.45, 2.75) is 52.3 Å². The lowest BCUT2D eigenvalue weighted by Gasteiger charge is -2.32. The number of ether oxygens (including phenoxy) is 1. The lowest BCUT2D eigenvalue weighted by atomic mass is 10.1. The summed E-state index contributed by atoms with van der Waals surface area (Å²) < 4.78 is 45.8. The zero-order valence-corrected chi connectivity index (χ0v) is 14.4. The van der Waals surface area contributed by atoms with Crippen LogP contribution in [0.15, 0.2) is 60.5 Å². The Morgan fingerprint density at radius 2 is 1.57 bits per heavy atom. The average Bonchev–Trinajstić information content (AvgIpc) is 2.67. The smallest absolute Gasteiger partial charge is 0.125 e. The van der Waals surface area contributed by atoms with E-state index in [2.05, 4.69) is 32.6 Å². The zero-order valence-electron chi connectivity index (χ0n) is 19.4. The lowest BCUT2D eigenvalue weighted by Crippen LogP contribution is -2.38. The molecule has 23 heavy (non-hydrogen) atoms. The maximum atomic E-state index is 8.14. The first-order valence-corrected chi connectivity index (χ1v) is 8.19. The fourth-order valence-electron chi connectivity index (χ4n) is 2.78. The largest absolute Gasteiger partial charge is 0.486 e. The summed E-state index contributed by atoms with van der Waals surface area (Å²) in [7, 11) is 0. The molecule has 0 heterocycles. The summed E-state index contributed by atoms with van der Waals surface area (Å²) in [5.74, 6) is -0.0968. The fourth-order valence-corrected chi connectivity index (χ4v) is 2.78. The first-order chi connectivity index (χ1) is 13.1. The Kier molecular flexibility index (Phi) is 4.44. The number of hydrogen-bond donors (Lipinski definition) is 0. The summed E-state index contributed by atoms with van der Waals surface area (Å²) in [5.41, 5.74) is 0.918. The molecule has 0 saturated carbocycles. The molecule has 0 spiro atoms. The quantitative estimate of drug-likeness (QED) is 0.654. The highest BCUT2D eigenvalue weighted by atomic mass is 16.5. The van der Waals surface area contributed by atoms with Crippen molar-refractivity contribution in [1.29, 1.82) is 0 Å². The van der Waals surface area contributed by atoms with Gasteiger partial charge in [-0.05, 0) is 45.3 Å². The second kappa shape index (κ2) is 8.73. The van der Waals surface area contributed by atoms with Crippen LogP contribution in [0.1, 0.15) is 52.6 Å². The van der Waals surface area contributed by atoms with E-state index in [0.29, 0.717) is 18.5 Å². The Labute approximate surface area is 148 Å². The SMILES string of the molecule is [2H]c1c([2H])c([2H])c(OC(CCN(C(C)C)C(C)C)c2ccccc2)c([2H])c1[2H]. The minimum atomic E-state index is -0.413. The summed E-state index contributed by atoms with van der Waals surface area (Å²) in [5, 5.41) is 0. The Balaban J connectivity index is 2.37. The van der Waals surface area contributed by atoms with Crippen molar-refractivity contribution in [3.05, 3.63) is 66.1 Å². The average molecular weight is 316 g/mol. The third-order valence-electron chi connectivity index (χ3n) is 3.88. The van der Waals surface area contributed by atoms with Gasteiger partial charge in [-0.15, -0.1) is 0 Å². The summed E-state index contributed by atoms with van der Waals surface area (Å²) in [6.07, 6.45) is 0.229. The molecular formula is C21H29NO. The molecule has 1 unspecified atom stereocenters. The third kappa shape index (κ3) is 5.40. The molecular weight excluding hydrogens is 282 g/mol. The molecule has 0 aromatic heterocycles. The van der Waals surface area contributed by atoms with Crippen molar-refractivity contribution in [2.24, 2.45) is 0 Å². The summed E-state index contributed by atoms with van der Waals surface area (Å²) in [4.78, 5) is 2.35. The van der Waals surface area contributed by atoms with E-state index in [1.54, 1.807) is 0 Å². The van der Waals surface area contributed by atoms with E-state index < -0.39 is 12.1 Å². The Morgan fingerprint density at radius 3 is 2.13 bits per heavy atom. The Bertz CT molecular complexity index is 758. The molecule has 2 nitrogen and oxygen atoms in total. The number of benzene rings is 2. The van der Waals surface area contributed by atoms with E-state index >= 15 is 0 Å². The van der Waals surface area contributed by atoms with Crippen LogP contribution in [0.4, 0.5) is 0 Å². The molecule has 0 aliphatic heterocycles. The van der Waals surface area contributed by atoms with Crippen molar-refractivity contribution >= 4 is 0 Å². The second-order valence-corrected chi connectivity index (χ2v) is 6.19. The van der Waals surface area contributed by atoms with E-state index in [-0.39, 0.29) is 29.9 Å². The van der Waals surface area contributed by atoms with Crippen LogP contribution in [0.2, 0.25) is 0 Å². The zero-order chi connectivity index (χ0) is 21.0. The van der Waals surface area contributed by atoms with E-state index in [9.17, 15) is 0 Å². The van der Waals surface area contributed by atoms with E-state index in [1.165, 1.54) is 0 Å². The molecule has 124 valence electrons. The molecule has 2 aromatic carbocycles. The Hall–Kier alpha value is -1.80. The van der Waals surface area contributed by atoms with Crippen molar-refractivity contribution in [3.63, 3.8) is 0 Å². The monoisotopic (exact) mass is 316 g/mol. The van der Waals surface area contributed by atoms with Gasteiger partial charge in [-0.2, -0.15) is 0 Å². The molecule has 1 atom stereocenters. The maximum Gasteiger partial charge on any atom is 0.125 e. The van der Waals surface area contributed by atoms with Gasteiger partial charge in [-0.25, -0.2) is 0 Å². The van der Waals surface area contributed by atoms with Crippen LogP contribution in [0.3, 0.4) is 0 Å². The van der Waals surface area contributed by atoms with Gasteiger partial charge in [-0.3, -0.25) is 4.90 Å². The van der Waals surface area contributed by atoms with Crippen molar-refractivity contribution in [3.8, 4) is 5.75 Å². The first kappa shape index (κ1) is 11.7. The molecule has 0 bridgehead atoms. The van der Waals surface area contributed by atoms with Gasteiger partial charge in [0, 0.05) is 25.0 Å². The molecule has 0 aliphatic rings. The Morgan fingerprint density at radius 1 is 0.957 bits per heavy atom. The standard InChI is InChI=1S/C21H29NO/c1-17(2)22(18(3)4)16-15-21(19-11-7-5-8-12-19)23-20-13-9-6-10-14-20/h5-14,17-18,21H,15-16H2,1-4H3/i6D,9D,10D,13D,14D. The van der Waals surface area contributed by atoms with Crippen LogP contribution in [-0.4, -0.2) is 23.5 Å². The highest BCUT2D eigenvalue weighted by molar-refractivity contribution is 5.24. The van der Waals surface area contributed by atoms with Gasteiger partial charge in [0.1, 0.15) is 11.9 Å². The van der Waals surface area contributed by atoms with Crippen LogP contribution >= 0.6 is 0 Å². The summed E-state index contributed by atoms with van der Waals surface area (Å²) in [6, 6.07) is 8.57. The van der Waals surface area contributed by atoms with Crippen LogP contribution < -0.4 is 4.74 Å². The summed E-state index contributed by atoms with van der Waals surface area (Å²) >= 11 is 0. The maximum absolute atomic E-state index is 8.14. The van der Waals surface area contributed by atoms with Gasteiger partial charge in [-0.1, -0.05) is 48.5 Å². The molecule has 0 radical (unpaired) electrons. The van der Waals surface area contributed by atoms with Crippen molar-refractivity contribution < 1.29 is 11.6 Å². The summed E-state index contributed by atoms with van der Waals surface area (Å²) in [6.45, 7) is 9.36. The molecule has 0 aliphatic carbocycles. The van der Waals surface area contributed by atoms with Gasteiger partial charge in [0.25, 0.3) is 0 Å². The van der Waals surface area contributed by atoms with E-state index in [1.807, 2.05) is 30.3 Å². The molecule has 0 saturated heterocycles. The van der Waals surface area contributed by atoms with Gasteiger partial charge >= 0.3 is 0 Å². The minimum absolute atomic E-state index is 0.0968. The third-order valence-corrected chi connectivity index (χ3v) is 3.88. The predicted octanol–water partition coefficient (Wildman–Crippen LogP) is 5.32. The topological polar surface area (TPSA) is 12.5 Å². The first-order valence-electron chi connectivity index (χ1n) is 10.7. The minimum Gasteiger partial charge on any atom is -0.486 e. The van der Waals surface area contributed by atoms with Crippen molar-refractivity contribution in [1.82, 2.24) is 4.90 Å². The molecule has 2 rings (SSSR count). The highest BCUT2D eigenvalue weighted by Crippen LogP contribution is 2.25. The molecule has 0 fully saturated rings. The molecule has 0 N–H and O–H groups in total. The normalized spacial score (nSPS) is 15.9. The molecule has 2 aromatic rings. The lowest BCUT2D eigenvalue weighted by molar-refractivity contribution is 0.127. The van der Waals surface area contributed by atoms with Gasteiger partial charge in [0.15, 0.2) is 0 Å². The van der Waals surface area contributed by atoms with Gasteiger partial charge in [0.2, 0.25) is 0 Å². The molecule has 2 heteroatoms. The van der Waals surface area contributed by atoms with Gasteiger partial charge in [0.05, 0.1) is 6.85 Å². The second-order valence-electron chi connectivity index (χ2n) is 6.19. The molecule has 0 amide bonds. The van der Waals surface area contributed by atoms with Crippen LogP contribution in [0.5, 0.6) is 5.75 Å². The van der Waals surface area contributed by atoms with Crippen LogP contribution in [0, 0.1) is 0 Å². The van der Waals surface area contributed by atoms with Crippen molar-refractivity contribution in [2.75, 3.05) is 6.54 Å². The van der Waals surface area contributed by atoms with Crippen LogP contribution in [-0.2, 0) is 0 Å². The number of rotatable bonds is 8. The number of nitrogens with zero attached hydrogens (tertiary/aromatic N) is 1. The number of para-hydroxylation sites is 1. The van der Waals surface area contributed by atoms with E-state index in [0.717, 1.165) is 12.1 Å². The van der Waals surface area contributed by atoms with Crippen LogP contribution in [0.25, 0.3) is 0 Å². The highest BCUT2D eigenvalue weighted by Gasteiger charge is 2.18. The number of hydrogen-bond acceptors (Lipinski definition) is 2.